The lowest BCUT2D eigenvalue weighted by atomic mass is 10.3. The van der Waals surface area contributed by atoms with Crippen LogP contribution in [0, 0.1) is 0 Å². The van der Waals surface area contributed by atoms with Crippen LogP contribution in [0.4, 0.5) is 0 Å². The minimum Gasteiger partial charge on any atom is -0.293 e. The average Bonchev–Trinajstić information content (AvgIpc) is 2.52. The molecule has 0 amide bonds. The third kappa shape index (κ3) is 3.23. The van der Waals surface area contributed by atoms with Gasteiger partial charge in [-0.15, -0.1) is 22.9 Å². The topological polar surface area (TPSA) is 3.24 Å². The van der Waals surface area contributed by atoms with E-state index in [1.165, 1.54) is 4.88 Å². The molecule has 3 heteroatoms. The van der Waals surface area contributed by atoms with Crippen molar-refractivity contribution < 1.29 is 0 Å². The summed E-state index contributed by atoms with van der Waals surface area (Å²) in [4.78, 5) is 3.53. The van der Waals surface area contributed by atoms with Gasteiger partial charge in [0, 0.05) is 11.4 Å². The van der Waals surface area contributed by atoms with Crippen LogP contribution in [0.15, 0.2) is 17.5 Å². The van der Waals surface area contributed by atoms with E-state index in [0.29, 0.717) is 6.00 Å². The summed E-state index contributed by atoms with van der Waals surface area (Å²) in [5.41, 5.74) is 0. The Morgan fingerprint density at radius 2 is 2.45 bits per heavy atom. The van der Waals surface area contributed by atoms with Crippen LogP contribution in [0.1, 0.15) is 4.88 Å². The van der Waals surface area contributed by atoms with Crippen molar-refractivity contribution in [2.45, 2.75) is 6.42 Å². The van der Waals surface area contributed by atoms with Gasteiger partial charge >= 0.3 is 0 Å². The summed E-state index contributed by atoms with van der Waals surface area (Å²) in [7, 11) is 2.03. The molecule has 0 aliphatic heterocycles. The van der Waals surface area contributed by atoms with E-state index in [1.807, 2.05) is 7.05 Å². The smallest absolute Gasteiger partial charge is 0.0736 e. The Kier molecular flexibility index (Phi) is 3.91. The van der Waals surface area contributed by atoms with Crippen molar-refractivity contribution in [3.05, 3.63) is 22.4 Å². The first-order valence-electron chi connectivity index (χ1n) is 3.60. The molecule has 0 fully saturated rings. The third-order valence-electron chi connectivity index (χ3n) is 1.52. The van der Waals surface area contributed by atoms with Crippen molar-refractivity contribution in [1.29, 1.82) is 0 Å². The zero-order valence-corrected chi connectivity index (χ0v) is 8.16. The molecule has 62 valence electrons. The molecule has 0 spiro atoms. The number of alkyl halides is 1. The predicted octanol–water partition coefficient (Wildman–Crippen LogP) is 2.42. The number of thiophene rings is 1. The number of hydrogen-bond donors (Lipinski definition) is 0. The highest BCUT2D eigenvalue weighted by molar-refractivity contribution is 7.09. The van der Waals surface area contributed by atoms with Gasteiger partial charge in [0.15, 0.2) is 0 Å². The van der Waals surface area contributed by atoms with Gasteiger partial charge in [-0.3, -0.25) is 4.90 Å². The Bertz CT molecular complexity index is 186. The fraction of sp³-hybridized carbons (Fsp3) is 0.500. The zero-order chi connectivity index (χ0) is 8.10. The molecular weight excluding hydrogens is 178 g/mol. The Morgan fingerprint density at radius 1 is 1.64 bits per heavy atom. The quantitative estimate of drug-likeness (QED) is 0.520. The normalized spacial score (nSPS) is 10.8. The van der Waals surface area contributed by atoms with Crippen molar-refractivity contribution in [1.82, 2.24) is 4.90 Å². The molecule has 0 saturated heterocycles. The van der Waals surface area contributed by atoms with Gasteiger partial charge in [-0.05, 0) is 24.9 Å². The highest BCUT2D eigenvalue weighted by Crippen LogP contribution is 2.09. The molecule has 0 aliphatic rings. The standard InChI is InChI=1S/C8H12ClNS/c1-10(7-9)5-4-8-3-2-6-11-8/h2-3,6H,4-5,7H2,1H3. The Hall–Kier alpha value is -0.0500. The molecule has 0 N–H and O–H groups in total. The van der Waals surface area contributed by atoms with Crippen molar-refractivity contribution in [2.24, 2.45) is 0 Å². The van der Waals surface area contributed by atoms with E-state index in [2.05, 4.69) is 22.4 Å². The molecule has 1 aromatic rings. The van der Waals surface area contributed by atoms with E-state index < -0.39 is 0 Å². The molecule has 0 unspecified atom stereocenters. The Labute approximate surface area is 76.6 Å². The largest absolute Gasteiger partial charge is 0.293 e. The van der Waals surface area contributed by atoms with E-state index in [1.54, 1.807) is 11.3 Å². The van der Waals surface area contributed by atoms with E-state index in [9.17, 15) is 0 Å². The third-order valence-corrected chi connectivity index (χ3v) is 2.87. The lowest BCUT2D eigenvalue weighted by Gasteiger charge is -2.10. The van der Waals surface area contributed by atoms with Gasteiger partial charge in [0.05, 0.1) is 6.00 Å². The summed E-state index contributed by atoms with van der Waals surface area (Å²) >= 11 is 7.43. The van der Waals surface area contributed by atoms with Crippen LogP contribution in [0.25, 0.3) is 0 Å². The van der Waals surface area contributed by atoms with Crippen LogP contribution < -0.4 is 0 Å². The number of halogens is 1. The summed E-state index contributed by atoms with van der Waals surface area (Å²) in [6, 6.07) is 4.86. The lowest BCUT2D eigenvalue weighted by molar-refractivity contribution is 0.395. The van der Waals surface area contributed by atoms with E-state index in [4.69, 9.17) is 11.6 Å². The maximum Gasteiger partial charge on any atom is 0.0736 e. The lowest BCUT2D eigenvalue weighted by Crippen LogP contribution is -2.18. The number of nitrogens with zero attached hydrogens (tertiary/aromatic N) is 1. The number of rotatable bonds is 4. The highest BCUT2D eigenvalue weighted by Gasteiger charge is 1.96. The van der Waals surface area contributed by atoms with Crippen molar-refractivity contribution >= 4 is 22.9 Å². The molecule has 1 nitrogen and oxygen atoms in total. The van der Waals surface area contributed by atoms with Crippen LogP contribution in [-0.4, -0.2) is 24.5 Å². The molecule has 1 heterocycles. The first-order valence-corrected chi connectivity index (χ1v) is 5.01. The van der Waals surface area contributed by atoms with Gasteiger partial charge in [0.2, 0.25) is 0 Å². The number of hydrogen-bond acceptors (Lipinski definition) is 2. The van der Waals surface area contributed by atoms with E-state index >= 15 is 0 Å². The summed E-state index contributed by atoms with van der Waals surface area (Å²) in [5, 5.41) is 2.11. The predicted molar refractivity (Wildman–Crippen MR) is 51.4 cm³/mol. The summed E-state index contributed by atoms with van der Waals surface area (Å²) < 4.78 is 0. The molecule has 0 bridgehead atoms. The van der Waals surface area contributed by atoms with Gasteiger partial charge < -0.3 is 0 Å². The van der Waals surface area contributed by atoms with Gasteiger partial charge in [-0.1, -0.05) is 6.07 Å². The first-order chi connectivity index (χ1) is 5.33. The van der Waals surface area contributed by atoms with Gasteiger partial charge in [0.25, 0.3) is 0 Å². The van der Waals surface area contributed by atoms with Crippen LogP contribution in [0.3, 0.4) is 0 Å². The van der Waals surface area contributed by atoms with Crippen molar-refractivity contribution in [3.63, 3.8) is 0 Å². The molecule has 1 aromatic heterocycles. The van der Waals surface area contributed by atoms with Gasteiger partial charge in [-0.2, -0.15) is 0 Å². The molecule has 0 saturated carbocycles. The maximum absolute atomic E-state index is 5.62. The van der Waals surface area contributed by atoms with Crippen LogP contribution in [0.2, 0.25) is 0 Å². The monoisotopic (exact) mass is 189 g/mol. The maximum atomic E-state index is 5.62. The minimum absolute atomic E-state index is 0.616. The molecule has 0 aromatic carbocycles. The molecule has 0 radical (unpaired) electrons. The summed E-state index contributed by atoms with van der Waals surface area (Å²) in [6.45, 7) is 1.05. The van der Waals surface area contributed by atoms with Crippen LogP contribution in [-0.2, 0) is 6.42 Å². The fourth-order valence-corrected chi connectivity index (χ4v) is 1.63. The molecule has 0 atom stereocenters. The van der Waals surface area contributed by atoms with Crippen LogP contribution >= 0.6 is 22.9 Å². The van der Waals surface area contributed by atoms with Crippen molar-refractivity contribution in [3.8, 4) is 0 Å². The molecule has 0 aliphatic carbocycles. The number of likely N-dealkylation sites (N-methyl/N-ethyl adjacent to an activating group) is 1. The Balaban J connectivity index is 2.23. The van der Waals surface area contributed by atoms with E-state index in [0.717, 1.165) is 13.0 Å². The fourth-order valence-electron chi connectivity index (χ4n) is 0.816. The average molecular weight is 190 g/mol. The second kappa shape index (κ2) is 4.75. The van der Waals surface area contributed by atoms with Crippen molar-refractivity contribution in [2.75, 3.05) is 19.6 Å². The Morgan fingerprint density at radius 3 is 3.00 bits per heavy atom. The minimum atomic E-state index is 0.616. The van der Waals surface area contributed by atoms with Gasteiger partial charge in [-0.25, -0.2) is 0 Å². The molecular formula is C8H12ClNS. The summed E-state index contributed by atoms with van der Waals surface area (Å²) in [5.74, 6) is 0. The second-order valence-corrected chi connectivity index (χ2v) is 3.80. The second-order valence-electron chi connectivity index (χ2n) is 2.53. The van der Waals surface area contributed by atoms with E-state index in [-0.39, 0.29) is 0 Å². The zero-order valence-electron chi connectivity index (χ0n) is 6.59. The van der Waals surface area contributed by atoms with Crippen LogP contribution in [0.5, 0.6) is 0 Å². The molecule has 11 heavy (non-hydrogen) atoms. The first kappa shape index (κ1) is 9.04. The summed E-state index contributed by atoms with van der Waals surface area (Å²) in [6.07, 6.45) is 1.11. The van der Waals surface area contributed by atoms with Gasteiger partial charge in [0.1, 0.15) is 0 Å². The highest BCUT2D eigenvalue weighted by atomic mass is 35.5. The molecule has 1 rings (SSSR count). The SMILES string of the molecule is CN(CCl)CCc1cccs1.